The van der Waals surface area contributed by atoms with Gasteiger partial charge in [0.2, 0.25) is 0 Å². The lowest BCUT2D eigenvalue weighted by Crippen LogP contribution is -2.18. The fourth-order valence-corrected chi connectivity index (χ4v) is 4.54. The molecule has 1 aliphatic carbocycles. The molecule has 1 saturated carbocycles. The van der Waals surface area contributed by atoms with Gasteiger partial charge >= 0.3 is 5.97 Å². The molecule has 6 nitrogen and oxygen atoms in total. The zero-order valence-electron chi connectivity index (χ0n) is 18.3. The molecule has 1 aliphatic heterocycles. The lowest BCUT2D eigenvalue weighted by molar-refractivity contribution is -0.137. The highest BCUT2D eigenvalue weighted by Gasteiger charge is 2.34. The van der Waals surface area contributed by atoms with Crippen molar-refractivity contribution in [2.45, 2.75) is 44.1 Å². The molecular formula is C26H25FN2O4. The van der Waals surface area contributed by atoms with E-state index in [1.807, 2.05) is 18.2 Å². The summed E-state index contributed by atoms with van der Waals surface area (Å²) >= 11 is 0. The number of methoxy groups -OCH3 is 1. The first-order chi connectivity index (χ1) is 16.0. The van der Waals surface area contributed by atoms with Gasteiger partial charge in [-0.1, -0.05) is 12.1 Å². The van der Waals surface area contributed by atoms with Crippen LogP contribution in [-0.4, -0.2) is 28.2 Å². The number of aromatic nitrogens is 2. The molecular weight excluding hydrogens is 423 g/mol. The minimum Gasteiger partial charge on any atom is -0.497 e. The summed E-state index contributed by atoms with van der Waals surface area (Å²) in [6, 6.07) is 10.6. The quantitative estimate of drug-likeness (QED) is 0.526. The number of carbonyl (C=O) groups is 1. The van der Waals surface area contributed by atoms with Crippen molar-refractivity contribution in [3.8, 4) is 22.6 Å². The van der Waals surface area contributed by atoms with Crippen molar-refractivity contribution in [3.63, 3.8) is 0 Å². The van der Waals surface area contributed by atoms with Gasteiger partial charge in [-0.15, -0.1) is 0 Å². The van der Waals surface area contributed by atoms with E-state index in [1.54, 1.807) is 24.5 Å². The lowest BCUT2D eigenvalue weighted by Gasteiger charge is -2.26. The number of ether oxygens (including phenoxy) is 2. The summed E-state index contributed by atoms with van der Waals surface area (Å²) in [5.74, 6) is 1.19. The Hall–Kier alpha value is -3.48. The lowest BCUT2D eigenvalue weighted by atomic mass is 9.89. The van der Waals surface area contributed by atoms with E-state index < -0.39 is 5.97 Å². The van der Waals surface area contributed by atoms with Crippen LogP contribution in [0.3, 0.4) is 0 Å². The molecule has 0 amide bonds. The second-order valence-electron chi connectivity index (χ2n) is 8.73. The van der Waals surface area contributed by atoms with Crippen LogP contribution in [0, 0.1) is 11.7 Å². The number of nitrogens with zero attached hydrogens (tertiary/aromatic N) is 2. The zero-order chi connectivity index (χ0) is 22.9. The predicted octanol–water partition coefficient (Wildman–Crippen LogP) is 5.33. The number of aryl methyl sites for hydroxylation is 1. The second-order valence-corrected chi connectivity index (χ2v) is 8.73. The molecule has 0 saturated heterocycles. The molecule has 0 bridgehead atoms. The second kappa shape index (κ2) is 8.81. The fourth-order valence-electron chi connectivity index (χ4n) is 4.54. The fraction of sp³-hybridized carbons (Fsp3) is 0.346. The van der Waals surface area contributed by atoms with Crippen LogP contribution in [-0.2, 0) is 11.2 Å². The SMILES string of the molecule is COc1ccc(F)c(-c2cnc(C3CCc4ccc(C(CC(=O)O)C5CC5)cc4O3)nc2)c1. The van der Waals surface area contributed by atoms with Crippen molar-refractivity contribution < 1.29 is 23.8 Å². The van der Waals surface area contributed by atoms with Crippen LogP contribution in [0.5, 0.6) is 11.5 Å². The van der Waals surface area contributed by atoms with E-state index in [0.29, 0.717) is 28.6 Å². The van der Waals surface area contributed by atoms with Crippen molar-refractivity contribution >= 4 is 5.97 Å². The van der Waals surface area contributed by atoms with Gasteiger partial charge in [-0.3, -0.25) is 4.79 Å². The summed E-state index contributed by atoms with van der Waals surface area (Å²) in [5.41, 5.74) is 3.07. The molecule has 7 heteroatoms. The van der Waals surface area contributed by atoms with Gasteiger partial charge in [0.25, 0.3) is 0 Å². The van der Waals surface area contributed by atoms with Gasteiger partial charge in [-0.2, -0.15) is 0 Å². The molecule has 3 aromatic rings. The molecule has 2 heterocycles. The van der Waals surface area contributed by atoms with Crippen molar-refractivity contribution in [1.29, 1.82) is 0 Å². The van der Waals surface area contributed by atoms with E-state index in [0.717, 1.165) is 42.6 Å². The van der Waals surface area contributed by atoms with Crippen LogP contribution in [0.2, 0.25) is 0 Å². The highest BCUT2D eigenvalue weighted by atomic mass is 19.1. The third-order valence-electron chi connectivity index (χ3n) is 6.49. The topological polar surface area (TPSA) is 81.5 Å². The number of benzene rings is 2. The molecule has 2 unspecified atom stereocenters. The van der Waals surface area contributed by atoms with Crippen molar-refractivity contribution in [3.05, 3.63) is 71.6 Å². The first-order valence-electron chi connectivity index (χ1n) is 11.2. The van der Waals surface area contributed by atoms with Gasteiger partial charge in [-0.05, 0) is 72.9 Å². The average Bonchev–Trinajstić information content (AvgIpc) is 3.68. The van der Waals surface area contributed by atoms with Crippen LogP contribution in [0.15, 0.2) is 48.8 Å². The van der Waals surface area contributed by atoms with Gasteiger partial charge in [0.1, 0.15) is 17.3 Å². The van der Waals surface area contributed by atoms with Crippen LogP contribution in [0.4, 0.5) is 4.39 Å². The van der Waals surface area contributed by atoms with Crippen LogP contribution in [0.25, 0.3) is 11.1 Å². The largest absolute Gasteiger partial charge is 0.497 e. The minimum atomic E-state index is -0.774. The van der Waals surface area contributed by atoms with Crippen molar-refractivity contribution in [1.82, 2.24) is 9.97 Å². The maximum atomic E-state index is 14.3. The van der Waals surface area contributed by atoms with E-state index >= 15 is 0 Å². The first-order valence-corrected chi connectivity index (χ1v) is 11.2. The van der Waals surface area contributed by atoms with Gasteiger partial charge < -0.3 is 14.6 Å². The number of aliphatic carboxylic acids is 1. The Balaban J connectivity index is 1.36. The number of hydrogen-bond donors (Lipinski definition) is 1. The third-order valence-corrected chi connectivity index (χ3v) is 6.49. The summed E-state index contributed by atoms with van der Waals surface area (Å²) in [7, 11) is 1.54. The Morgan fingerprint density at radius 3 is 2.67 bits per heavy atom. The van der Waals surface area contributed by atoms with Crippen LogP contribution in [0.1, 0.15) is 54.7 Å². The molecule has 170 valence electrons. The van der Waals surface area contributed by atoms with Crippen molar-refractivity contribution in [2.24, 2.45) is 5.92 Å². The Labute approximate surface area is 191 Å². The number of carboxylic acid groups (broad SMARTS) is 1. The normalized spacial score (nSPS) is 18.2. The molecule has 2 aromatic carbocycles. The van der Waals surface area contributed by atoms with Gasteiger partial charge in [-0.25, -0.2) is 14.4 Å². The Kier molecular flexibility index (Phi) is 5.70. The monoisotopic (exact) mass is 448 g/mol. The number of fused-ring (bicyclic) bond motifs is 1. The summed E-state index contributed by atoms with van der Waals surface area (Å²) < 4.78 is 25.7. The predicted molar refractivity (Wildman–Crippen MR) is 120 cm³/mol. The summed E-state index contributed by atoms with van der Waals surface area (Å²) in [6.45, 7) is 0. The molecule has 0 radical (unpaired) electrons. The smallest absolute Gasteiger partial charge is 0.303 e. The molecule has 1 fully saturated rings. The van der Waals surface area contributed by atoms with E-state index in [-0.39, 0.29) is 24.3 Å². The Morgan fingerprint density at radius 1 is 1.18 bits per heavy atom. The molecule has 1 N–H and O–H groups in total. The summed E-state index contributed by atoms with van der Waals surface area (Å²) in [5, 5.41) is 9.32. The maximum absolute atomic E-state index is 14.3. The number of rotatable bonds is 7. The van der Waals surface area contributed by atoms with E-state index in [1.165, 1.54) is 13.2 Å². The van der Waals surface area contributed by atoms with E-state index in [9.17, 15) is 14.3 Å². The van der Waals surface area contributed by atoms with Crippen LogP contribution >= 0.6 is 0 Å². The number of carboxylic acids is 1. The van der Waals surface area contributed by atoms with Crippen LogP contribution < -0.4 is 9.47 Å². The van der Waals surface area contributed by atoms with Gasteiger partial charge in [0, 0.05) is 23.5 Å². The molecule has 33 heavy (non-hydrogen) atoms. The van der Waals surface area contributed by atoms with E-state index in [2.05, 4.69) is 9.97 Å². The zero-order valence-corrected chi connectivity index (χ0v) is 18.3. The van der Waals surface area contributed by atoms with E-state index in [4.69, 9.17) is 9.47 Å². The maximum Gasteiger partial charge on any atom is 0.303 e. The average molecular weight is 448 g/mol. The summed E-state index contributed by atoms with van der Waals surface area (Å²) in [4.78, 5) is 20.3. The molecule has 5 rings (SSSR count). The number of halogens is 1. The summed E-state index contributed by atoms with van der Waals surface area (Å²) in [6.07, 6.45) is 6.74. The molecule has 2 aliphatic rings. The molecule has 2 atom stereocenters. The van der Waals surface area contributed by atoms with Crippen molar-refractivity contribution in [2.75, 3.05) is 7.11 Å². The first kappa shape index (κ1) is 21.4. The molecule has 1 aromatic heterocycles. The number of hydrogen-bond acceptors (Lipinski definition) is 5. The standard InChI is InChI=1S/C26H25FN2O4/c1-32-19-7-8-22(27)21(11-19)18-13-28-26(29-14-18)23-9-6-16-4-5-17(10-24(16)33-23)20(12-25(30)31)15-2-3-15/h4-5,7-8,10-11,13-15,20,23H,2-3,6,9,12H2,1H3,(H,30,31). The van der Waals surface area contributed by atoms with Gasteiger partial charge in [0.05, 0.1) is 13.5 Å². The highest BCUT2D eigenvalue weighted by Crippen LogP contribution is 2.46. The van der Waals surface area contributed by atoms with Gasteiger partial charge in [0.15, 0.2) is 11.9 Å². The molecule has 0 spiro atoms. The highest BCUT2D eigenvalue weighted by molar-refractivity contribution is 5.68. The Morgan fingerprint density at radius 2 is 1.97 bits per heavy atom. The third kappa shape index (κ3) is 4.53. The Bertz CT molecular complexity index is 1180. The minimum absolute atomic E-state index is 0.0186.